The Hall–Kier alpha value is -0.610. The summed E-state index contributed by atoms with van der Waals surface area (Å²) in [5.41, 5.74) is 0. The lowest BCUT2D eigenvalue weighted by Gasteiger charge is -2.34. The fourth-order valence-electron chi connectivity index (χ4n) is 2.58. The minimum absolute atomic E-state index is 0.0688. The van der Waals surface area contributed by atoms with Gasteiger partial charge in [-0.1, -0.05) is 39.0 Å². The summed E-state index contributed by atoms with van der Waals surface area (Å²) in [6.07, 6.45) is 7.78. The van der Waals surface area contributed by atoms with Crippen molar-refractivity contribution in [1.82, 2.24) is 10.2 Å². The molecule has 0 radical (unpaired) electrons. The molecule has 0 aromatic rings. The van der Waals surface area contributed by atoms with Crippen molar-refractivity contribution in [3.63, 3.8) is 0 Å². The summed E-state index contributed by atoms with van der Waals surface area (Å²) >= 11 is 0. The Bertz CT molecular complexity index is 246. The van der Waals surface area contributed by atoms with Crippen LogP contribution >= 0.6 is 0 Å². The van der Waals surface area contributed by atoms with E-state index in [-0.39, 0.29) is 12.0 Å². The molecule has 1 saturated heterocycles. The van der Waals surface area contributed by atoms with Gasteiger partial charge >= 0.3 is 5.97 Å². The summed E-state index contributed by atoms with van der Waals surface area (Å²) < 4.78 is 5.15. The van der Waals surface area contributed by atoms with Crippen LogP contribution in [0.1, 0.15) is 52.4 Å². The molecule has 4 heteroatoms. The van der Waals surface area contributed by atoms with Gasteiger partial charge in [0.1, 0.15) is 6.04 Å². The molecular weight excluding hydrogens is 240 g/mol. The Morgan fingerprint density at radius 2 is 1.95 bits per heavy atom. The van der Waals surface area contributed by atoms with E-state index in [1.807, 2.05) is 6.92 Å². The van der Waals surface area contributed by atoms with Crippen molar-refractivity contribution in [3.05, 3.63) is 0 Å². The molecule has 1 aliphatic heterocycles. The second kappa shape index (κ2) is 10.2. The highest BCUT2D eigenvalue weighted by atomic mass is 16.5. The molecule has 1 atom stereocenters. The minimum atomic E-state index is -0.0793. The van der Waals surface area contributed by atoms with Crippen molar-refractivity contribution in [1.29, 1.82) is 0 Å². The van der Waals surface area contributed by atoms with Crippen LogP contribution in [0.15, 0.2) is 0 Å². The van der Waals surface area contributed by atoms with E-state index >= 15 is 0 Å². The van der Waals surface area contributed by atoms with E-state index in [4.69, 9.17) is 4.74 Å². The third-order valence-corrected chi connectivity index (χ3v) is 3.71. The van der Waals surface area contributed by atoms with Crippen LogP contribution < -0.4 is 5.32 Å². The van der Waals surface area contributed by atoms with Gasteiger partial charge in [-0.3, -0.25) is 9.69 Å². The number of piperazine rings is 1. The Morgan fingerprint density at radius 1 is 1.21 bits per heavy atom. The zero-order valence-corrected chi connectivity index (χ0v) is 12.6. The first-order valence-electron chi connectivity index (χ1n) is 7.91. The molecule has 1 unspecified atom stereocenters. The average molecular weight is 270 g/mol. The molecule has 0 aliphatic carbocycles. The maximum atomic E-state index is 11.9. The molecule has 0 bridgehead atoms. The van der Waals surface area contributed by atoms with Crippen molar-refractivity contribution >= 4 is 5.97 Å². The minimum Gasteiger partial charge on any atom is -0.465 e. The van der Waals surface area contributed by atoms with Crippen LogP contribution in [0.4, 0.5) is 0 Å². The molecule has 1 fully saturated rings. The number of rotatable bonds is 9. The fourth-order valence-corrected chi connectivity index (χ4v) is 2.58. The van der Waals surface area contributed by atoms with Gasteiger partial charge in [0, 0.05) is 19.6 Å². The number of nitrogens with one attached hydrogen (secondary N) is 1. The highest BCUT2D eigenvalue weighted by Gasteiger charge is 2.28. The van der Waals surface area contributed by atoms with Gasteiger partial charge in [-0.05, 0) is 19.9 Å². The monoisotopic (exact) mass is 270 g/mol. The van der Waals surface area contributed by atoms with E-state index in [9.17, 15) is 4.79 Å². The second-order valence-corrected chi connectivity index (χ2v) is 5.28. The fraction of sp³-hybridized carbons (Fsp3) is 0.933. The number of hydrogen-bond donors (Lipinski definition) is 1. The first-order valence-corrected chi connectivity index (χ1v) is 7.91. The van der Waals surface area contributed by atoms with Gasteiger partial charge in [-0.25, -0.2) is 0 Å². The van der Waals surface area contributed by atoms with Gasteiger partial charge < -0.3 is 10.1 Å². The summed E-state index contributed by atoms with van der Waals surface area (Å²) in [5, 5.41) is 3.28. The number of ether oxygens (including phenoxy) is 1. The van der Waals surface area contributed by atoms with Crippen molar-refractivity contribution in [2.75, 3.05) is 32.8 Å². The normalized spacial score (nSPS) is 20.4. The van der Waals surface area contributed by atoms with Gasteiger partial charge in [0.25, 0.3) is 0 Å². The topological polar surface area (TPSA) is 41.6 Å². The molecule has 19 heavy (non-hydrogen) atoms. The number of esters is 1. The van der Waals surface area contributed by atoms with Crippen LogP contribution in [-0.2, 0) is 9.53 Å². The van der Waals surface area contributed by atoms with E-state index in [1.54, 1.807) is 0 Å². The van der Waals surface area contributed by atoms with E-state index < -0.39 is 0 Å². The molecule has 1 aliphatic rings. The highest BCUT2D eigenvalue weighted by Crippen LogP contribution is 2.10. The zero-order chi connectivity index (χ0) is 13.9. The van der Waals surface area contributed by atoms with E-state index in [1.165, 1.54) is 38.5 Å². The molecule has 112 valence electrons. The summed E-state index contributed by atoms with van der Waals surface area (Å²) in [7, 11) is 0. The van der Waals surface area contributed by atoms with Gasteiger partial charge in [0.2, 0.25) is 0 Å². The van der Waals surface area contributed by atoms with E-state index in [0.717, 1.165) is 26.2 Å². The Morgan fingerprint density at radius 3 is 2.68 bits per heavy atom. The quantitative estimate of drug-likeness (QED) is 0.515. The summed E-state index contributed by atoms with van der Waals surface area (Å²) in [5.74, 6) is -0.0688. The highest BCUT2D eigenvalue weighted by molar-refractivity contribution is 5.76. The number of unbranched alkanes of at least 4 members (excludes halogenated alkanes) is 5. The zero-order valence-electron chi connectivity index (χ0n) is 12.6. The number of nitrogens with zero attached hydrogens (tertiary/aromatic N) is 1. The van der Waals surface area contributed by atoms with Crippen LogP contribution in [-0.4, -0.2) is 49.7 Å². The van der Waals surface area contributed by atoms with Gasteiger partial charge in [-0.2, -0.15) is 0 Å². The first-order chi connectivity index (χ1) is 9.29. The lowest BCUT2D eigenvalue weighted by molar-refractivity contribution is -0.150. The lowest BCUT2D eigenvalue weighted by atomic mass is 10.1. The number of carbonyl (C=O) groups is 1. The third-order valence-electron chi connectivity index (χ3n) is 3.71. The molecule has 0 amide bonds. The van der Waals surface area contributed by atoms with Crippen LogP contribution in [0, 0.1) is 0 Å². The molecule has 0 spiro atoms. The third kappa shape index (κ3) is 6.39. The van der Waals surface area contributed by atoms with Crippen LogP contribution in [0.3, 0.4) is 0 Å². The Labute approximate surface area is 117 Å². The summed E-state index contributed by atoms with van der Waals surface area (Å²) in [4.78, 5) is 14.2. The predicted octanol–water partition coefficient (Wildman–Crippen LogP) is 2.18. The van der Waals surface area contributed by atoms with Crippen LogP contribution in [0.5, 0.6) is 0 Å². The van der Waals surface area contributed by atoms with Crippen molar-refractivity contribution in [3.8, 4) is 0 Å². The number of carbonyl (C=O) groups excluding carboxylic acids is 1. The lowest BCUT2D eigenvalue weighted by Crippen LogP contribution is -2.55. The number of hydrogen-bond acceptors (Lipinski definition) is 4. The molecule has 1 heterocycles. The molecular formula is C15H30N2O2. The van der Waals surface area contributed by atoms with Crippen molar-refractivity contribution < 1.29 is 9.53 Å². The first kappa shape index (κ1) is 16.4. The van der Waals surface area contributed by atoms with Gasteiger partial charge in [-0.15, -0.1) is 0 Å². The second-order valence-electron chi connectivity index (χ2n) is 5.28. The van der Waals surface area contributed by atoms with Gasteiger partial charge in [0.05, 0.1) is 6.61 Å². The molecule has 1 rings (SSSR count). The Kier molecular flexibility index (Phi) is 8.84. The maximum absolute atomic E-state index is 11.9. The molecule has 4 nitrogen and oxygen atoms in total. The average Bonchev–Trinajstić information content (AvgIpc) is 2.43. The molecule has 0 aromatic carbocycles. The van der Waals surface area contributed by atoms with Crippen LogP contribution in [0.25, 0.3) is 0 Å². The van der Waals surface area contributed by atoms with Crippen molar-refractivity contribution in [2.45, 2.75) is 58.4 Å². The summed E-state index contributed by atoms with van der Waals surface area (Å²) in [6.45, 7) is 8.27. The predicted molar refractivity (Wildman–Crippen MR) is 78.2 cm³/mol. The van der Waals surface area contributed by atoms with Crippen LogP contribution in [0.2, 0.25) is 0 Å². The maximum Gasteiger partial charge on any atom is 0.324 e. The largest absolute Gasteiger partial charge is 0.465 e. The molecule has 0 saturated carbocycles. The Balaban J connectivity index is 2.22. The van der Waals surface area contributed by atoms with Crippen molar-refractivity contribution in [2.24, 2.45) is 0 Å². The van der Waals surface area contributed by atoms with E-state index in [0.29, 0.717) is 6.61 Å². The SMILES string of the molecule is CCCCCCCCN1CCNCC1C(=O)OCC. The van der Waals surface area contributed by atoms with Gasteiger partial charge in [0.15, 0.2) is 0 Å². The molecule has 0 aromatic heterocycles. The summed E-state index contributed by atoms with van der Waals surface area (Å²) in [6, 6.07) is -0.0793. The van der Waals surface area contributed by atoms with E-state index in [2.05, 4.69) is 17.1 Å². The molecule has 1 N–H and O–H groups in total. The smallest absolute Gasteiger partial charge is 0.324 e. The standard InChI is InChI=1S/C15H30N2O2/c1-3-5-6-7-8-9-11-17-12-10-16-13-14(17)15(18)19-4-2/h14,16H,3-13H2,1-2H3.